The number of hydrogen-bond acceptors (Lipinski definition) is 4. The molecular weight excluding hydrogens is 234 g/mol. The van der Waals surface area contributed by atoms with Crippen molar-refractivity contribution >= 4 is 11.7 Å². The van der Waals surface area contributed by atoms with Gasteiger partial charge in [0.25, 0.3) is 0 Å². The fourth-order valence-corrected chi connectivity index (χ4v) is 2.02. The fourth-order valence-electron chi connectivity index (χ4n) is 2.02. The summed E-state index contributed by atoms with van der Waals surface area (Å²) in [5, 5.41) is 11.7. The van der Waals surface area contributed by atoms with Crippen molar-refractivity contribution in [2.24, 2.45) is 0 Å². The molecule has 0 amide bonds. The molecule has 0 bridgehead atoms. The first kappa shape index (κ1) is 12.4. The van der Waals surface area contributed by atoms with Crippen LogP contribution in [0.2, 0.25) is 0 Å². The Labute approximate surface area is 105 Å². The zero-order chi connectivity index (χ0) is 13.2. The molecule has 1 aliphatic heterocycles. The Hall–Kier alpha value is -2.04. The molecule has 18 heavy (non-hydrogen) atoms. The van der Waals surface area contributed by atoms with Crippen LogP contribution in [0, 0.1) is 5.21 Å². The average molecular weight is 249 g/mol. The highest BCUT2D eigenvalue weighted by atomic mass is 16.9. The summed E-state index contributed by atoms with van der Waals surface area (Å²) in [7, 11) is 1.28. The van der Waals surface area contributed by atoms with Crippen molar-refractivity contribution in [3.05, 3.63) is 41.1 Å². The van der Waals surface area contributed by atoms with E-state index in [0.29, 0.717) is 17.0 Å². The third-order valence-electron chi connectivity index (χ3n) is 2.95. The first-order valence-electron chi connectivity index (χ1n) is 5.68. The van der Waals surface area contributed by atoms with E-state index in [4.69, 9.17) is 4.84 Å². The minimum atomic E-state index is -1.21. The SMILES string of the molecule is COC(=O)C1(C)CC(Cc2ccccc2)=[N+]([O-])O1. The predicted molar refractivity (Wildman–Crippen MR) is 64.9 cm³/mol. The number of nitrogens with zero attached hydrogens (tertiary/aromatic N) is 1. The monoisotopic (exact) mass is 249 g/mol. The van der Waals surface area contributed by atoms with Gasteiger partial charge in [0.1, 0.15) is 0 Å². The maximum Gasteiger partial charge on any atom is 0.328 e. The van der Waals surface area contributed by atoms with Gasteiger partial charge in [0.05, 0.1) is 20.0 Å². The van der Waals surface area contributed by atoms with E-state index in [1.165, 1.54) is 7.11 Å². The van der Waals surface area contributed by atoms with Gasteiger partial charge in [-0.25, -0.2) is 0 Å². The lowest BCUT2D eigenvalue weighted by Crippen LogP contribution is -2.37. The van der Waals surface area contributed by atoms with Crippen molar-refractivity contribution in [3.63, 3.8) is 0 Å². The fraction of sp³-hybridized carbons (Fsp3) is 0.385. The van der Waals surface area contributed by atoms with E-state index < -0.39 is 11.6 Å². The van der Waals surface area contributed by atoms with Gasteiger partial charge >= 0.3 is 5.97 Å². The maximum absolute atomic E-state index is 11.7. The molecule has 1 unspecified atom stereocenters. The molecule has 0 saturated carbocycles. The van der Waals surface area contributed by atoms with Crippen LogP contribution in [0.1, 0.15) is 18.9 Å². The highest BCUT2D eigenvalue weighted by Crippen LogP contribution is 2.25. The minimum Gasteiger partial charge on any atom is -0.468 e. The van der Waals surface area contributed by atoms with Crippen LogP contribution in [0.25, 0.3) is 0 Å². The third-order valence-corrected chi connectivity index (χ3v) is 2.95. The van der Waals surface area contributed by atoms with E-state index in [1.54, 1.807) is 6.92 Å². The molecular formula is C13H15NO4. The number of benzene rings is 1. The summed E-state index contributed by atoms with van der Waals surface area (Å²) in [6.45, 7) is 1.56. The molecule has 0 radical (unpaired) electrons. The summed E-state index contributed by atoms with van der Waals surface area (Å²) >= 11 is 0. The highest BCUT2D eigenvalue weighted by molar-refractivity contribution is 5.91. The summed E-state index contributed by atoms with van der Waals surface area (Å²) in [5.74, 6) is -0.536. The zero-order valence-corrected chi connectivity index (χ0v) is 10.4. The second-order valence-electron chi connectivity index (χ2n) is 4.48. The second kappa shape index (κ2) is 4.68. The van der Waals surface area contributed by atoms with Gasteiger partial charge in [0.2, 0.25) is 5.71 Å². The zero-order valence-electron chi connectivity index (χ0n) is 10.4. The molecule has 0 aromatic heterocycles. The van der Waals surface area contributed by atoms with Crippen molar-refractivity contribution in [2.45, 2.75) is 25.4 Å². The second-order valence-corrected chi connectivity index (χ2v) is 4.48. The van der Waals surface area contributed by atoms with Gasteiger partial charge in [0, 0.05) is 4.90 Å². The lowest BCUT2D eigenvalue weighted by Gasteiger charge is -2.20. The van der Waals surface area contributed by atoms with Crippen molar-refractivity contribution in [3.8, 4) is 0 Å². The molecule has 1 aliphatic rings. The van der Waals surface area contributed by atoms with E-state index in [0.717, 1.165) is 5.56 Å². The van der Waals surface area contributed by atoms with Crippen molar-refractivity contribution < 1.29 is 19.3 Å². The Morgan fingerprint density at radius 1 is 1.50 bits per heavy atom. The third kappa shape index (κ3) is 2.30. The first-order chi connectivity index (χ1) is 8.55. The quantitative estimate of drug-likeness (QED) is 0.601. The Morgan fingerprint density at radius 3 is 2.78 bits per heavy atom. The summed E-state index contributed by atoms with van der Waals surface area (Å²) < 4.78 is 4.64. The van der Waals surface area contributed by atoms with Crippen molar-refractivity contribution in [1.29, 1.82) is 0 Å². The molecule has 1 heterocycles. The average Bonchev–Trinajstić information content (AvgIpc) is 2.66. The number of rotatable bonds is 3. The van der Waals surface area contributed by atoms with E-state index in [2.05, 4.69) is 4.74 Å². The largest absolute Gasteiger partial charge is 0.468 e. The molecule has 0 spiro atoms. The standard InChI is InChI=1S/C13H15NO4/c1-13(12(15)17-2)9-11(14(16)18-13)8-10-6-4-3-5-7-10/h3-7H,8-9H2,1-2H3. The molecule has 1 aromatic rings. The van der Waals surface area contributed by atoms with Gasteiger partial charge in [-0.3, -0.25) is 10.0 Å². The molecule has 1 atom stereocenters. The molecule has 5 heteroatoms. The summed E-state index contributed by atoms with van der Waals surface area (Å²) in [5.41, 5.74) is 0.320. The van der Waals surface area contributed by atoms with Gasteiger partial charge in [-0.15, -0.1) is 0 Å². The molecule has 0 aliphatic carbocycles. The van der Waals surface area contributed by atoms with Crippen LogP contribution in [0.4, 0.5) is 0 Å². The highest BCUT2D eigenvalue weighted by Gasteiger charge is 2.45. The van der Waals surface area contributed by atoms with Gasteiger partial charge in [-0.2, -0.15) is 0 Å². The van der Waals surface area contributed by atoms with Gasteiger partial charge < -0.3 is 9.57 Å². The van der Waals surface area contributed by atoms with Gasteiger partial charge in [0.15, 0.2) is 5.60 Å². The molecule has 0 saturated heterocycles. The summed E-state index contributed by atoms with van der Waals surface area (Å²) in [6, 6.07) is 9.57. The smallest absolute Gasteiger partial charge is 0.328 e. The Morgan fingerprint density at radius 2 is 2.17 bits per heavy atom. The normalized spacial score (nSPS) is 22.8. The Balaban J connectivity index is 2.12. The van der Waals surface area contributed by atoms with E-state index in [9.17, 15) is 10.0 Å². The van der Waals surface area contributed by atoms with Crippen LogP contribution in [0.15, 0.2) is 30.3 Å². The molecule has 0 N–H and O–H groups in total. The lowest BCUT2D eigenvalue weighted by molar-refractivity contribution is -0.747. The first-order valence-corrected chi connectivity index (χ1v) is 5.68. The number of carbonyl (C=O) groups is 1. The van der Waals surface area contributed by atoms with E-state index >= 15 is 0 Å². The molecule has 0 fully saturated rings. The molecule has 5 nitrogen and oxygen atoms in total. The Bertz CT molecular complexity index is 483. The molecule has 2 rings (SSSR count). The summed E-state index contributed by atoms with van der Waals surface area (Å²) in [6.07, 6.45) is 0.717. The van der Waals surface area contributed by atoms with Crippen molar-refractivity contribution in [1.82, 2.24) is 0 Å². The van der Waals surface area contributed by atoms with E-state index in [-0.39, 0.29) is 6.42 Å². The maximum atomic E-state index is 11.7. The molecule has 1 aromatic carbocycles. The Kier molecular flexibility index (Phi) is 3.23. The number of hydrogen-bond donors (Lipinski definition) is 0. The van der Waals surface area contributed by atoms with Crippen LogP contribution in [0.3, 0.4) is 0 Å². The van der Waals surface area contributed by atoms with Gasteiger partial charge in [-0.05, 0) is 12.5 Å². The van der Waals surface area contributed by atoms with Crippen LogP contribution >= 0.6 is 0 Å². The number of methoxy groups -OCH3 is 1. The van der Waals surface area contributed by atoms with E-state index in [1.807, 2.05) is 30.3 Å². The number of esters is 1. The number of ether oxygens (including phenoxy) is 1. The van der Waals surface area contributed by atoms with Crippen LogP contribution in [0.5, 0.6) is 0 Å². The van der Waals surface area contributed by atoms with Gasteiger partial charge in [-0.1, -0.05) is 30.3 Å². The number of carbonyl (C=O) groups excluding carboxylic acids is 1. The predicted octanol–water partition coefficient (Wildman–Crippen LogP) is 1.45. The minimum absolute atomic E-state index is 0.248. The van der Waals surface area contributed by atoms with Crippen LogP contribution in [-0.2, 0) is 20.8 Å². The summed E-state index contributed by atoms with van der Waals surface area (Å²) in [4.78, 5) is 17.0. The topological polar surface area (TPSA) is 61.6 Å². The van der Waals surface area contributed by atoms with Crippen molar-refractivity contribution in [2.75, 3.05) is 7.11 Å². The molecule has 96 valence electrons. The lowest BCUT2D eigenvalue weighted by atomic mass is 9.96. The van der Waals surface area contributed by atoms with Crippen LogP contribution in [-0.4, -0.2) is 29.3 Å². The van der Waals surface area contributed by atoms with Crippen LogP contribution < -0.4 is 0 Å².